The zero-order valence-corrected chi connectivity index (χ0v) is 49.3. The first-order chi connectivity index (χ1) is 38.3. The molecule has 81 heavy (non-hydrogen) atoms. The lowest BCUT2D eigenvalue weighted by atomic mass is 9.98. The van der Waals surface area contributed by atoms with Crippen LogP contribution < -0.4 is 38.1 Å². The van der Waals surface area contributed by atoms with Crippen LogP contribution in [0, 0.1) is 13.8 Å². The number of nitrogens with zero attached hydrogens (tertiary/aromatic N) is 9. The topological polar surface area (TPSA) is 321 Å². The second-order valence-corrected chi connectivity index (χ2v) is 24.1. The first-order valence-corrected chi connectivity index (χ1v) is 27.7. The van der Waals surface area contributed by atoms with Gasteiger partial charge in [0.15, 0.2) is 0 Å². The van der Waals surface area contributed by atoms with Crippen molar-refractivity contribution in [3.05, 3.63) is 140 Å². The lowest BCUT2D eigenvalue weighted by molar-refractivity contribution is 0.0474. The maximum absolute atomic E-state index is 12.7. The lowest BCUT2D eigenvalue weighted by Crippen LogP contribution is -2.43. The van der Waals surface area contributed by atoms with E-state index < -0.39 is 23.8 Å². The van der Waals surface area contributed by atoms with Gasteiger partial charge >= 0.3 is 6.09 Å². The van der Waals surface area contributed by atoms with Gasteiger partial charge in [-0.15, -0.1) is 22.7 Å². The highest BCUT2D eigenvalue weighted by Crippen LogP contribution is 2.29. The van der Waals surface area contributed by atoms with Crippen molar-refractivity contribution < 1.29 is 29.3 Å². The number of carbonyl (C=O) groups is 3. The Labute approximate surface area is 480 Å². The minimum Gasteiger partial charge on any atom is -0.444 e. The van der Waals surface area contributed by atoms with Crippen LogP contribution >= 0.6 is 22.7 Å². The number of carbonyl (C=O) groups excluding carboxylic acids is 3. The fourth-order valence-electron chi connectivity index (χ4n) is 7.34. The van der Waals surface area contributed by atoms with Crippen molar-refractivity contribution in [1.29, 1.82) is 0 Å². The Hall–Kier alpha value is -8.03. The molecule has 0 fully saturated rings. The molecule has 0 radical (unpaired) electrons. The number of aromatic nitrogens is 8. The molecule has 7 rings (SSSR count). The van der Waals surface area contributed by atoms with Gasteiger partial charge in [0.05, 0.1) is 83.7 Å². The number of alkyl carbamates (subject to hydrolysis) is 1. The van der Waals surface area contributed by atoms with Crippen LogP contribution in [0.4, 0.5) is 22.4 Å². The van der Waals surface area contributed by atoms with Gasteiger partial charge in [-0.25, -0.2) is 34.7 Å². The van der Waals surface area contributed by atoms with Crippen molar-refractivity contribution in [1.82, 2.24) is 55.6 Å². The molecule has 430 valence electrons. The molecule has 0 aliphatic rings. The Morgan fingerprint density at radius 1 is 0.741 bits per heavy atom. The van der Waals surface area contributed by atoms with Gasteiger partial charge in [0.1, 0.15) is 15.4 Å². The van der Waals surface area contributed by atoms with Gasteiger partial charge in [-0.3, -0.25) is 19.3 Å². The summed E-state index contributed by atoms with van der Waals surface area (Å²) in [6.45, 7) is 22.7. The van der Waals surface area contributed by atoms with Crippen molar-refractivity contribution in [3.63, 3.8) is 0 Å². The third-order valence-corrected chi connectivity index (χ3v) is 14.5. The Kier molecular flexibility index (Phi) is 21.4. The Bertz CT molecular complexity index is 3310. The Morgan fingerprint density at radius 2 is 1.27 bits per heavy atom. The van der Waals surface area contributed by atoms with Gasteiger partial charge in [-0.2, -0.15) is 5.10 Å². The summed E-state index contributed by atoms with van der Waals surface area (Å²) in [5.41, 5.74) is 19.0. The molecule has 24 heteroatoms. The van der Waals surface area contributed by atoms with Gasteiger partial charge in [0.25, 0.3) is 11.8 Å². The number of amides is 3. The van der Waals surface area contributed by atoms with Crippen molar-refractivity contribution in [2.75, 3.05) is 30.4 Å². The molecule has 11 N–H and O–H groups in total. The van der Waals surface area contributed by atoms with E-state index in [1.807, 2.05) is 62.4 Å². The molecule has 0 spiro atoms. The van der Waals surface area contributed by atoms with E-state index >= 15 is 0 Å². The molecule has 5 heterocycles. The molecule has 3 amide bonds. The number of aryl methyl sites for hydroxylation is 2. The van der Waals surface area contributed by atoms with Crippen LogP contribution in [-0.2, 0) is 35.2 Å². The van der Waals surface area contributed by atoms with Crippen LogP contribution in [0.1, 0.15) is 114 Å². The monoisotopic (exact) mass is 1140 g/mol. The normalized spacial score (nSPS) is 12.7. The molecular formula is C57H74N16O6S2. The third kappa shape index (κ3) is 19.1. The van der Waals surface area contributed by atoms with E-state index in [2.05, 4.69) is 108 Å². The smallest absolute Gasteiger partial charge is 0.408 e. The molecule has 0 aliphatic carbocycles. The molecule has 0 bridgehead atoms. The van der Waals surface area contributed by atoms with E-state index in [-0.39, 0.29) is 48.9 Å². The highest BCUT2D eigenvalue weighted by atomic mass is 32.1. The molecule has 2 aromatic carbocycles. The summed E-state index contributed by atoms with van der Waals surface area (Å²) in [5.74, 6) is 0.484. The van der Waals surface area contributed by atoms with Crippen molar-refractivity contribution in [2.45, 2.75) is 124 Å². The maximum atomic E-state index is 12.7. The zero-order chi connectivity index (χ0) is 59.1. The average molecular weight is 1140 g/mol. The third-order valence-electron chi connectivity index (χ3n) is 11.7. The maximum Gasteiger partial charge on any atom is 0.408 e. The van der Waals surface area contributed by atoms with Gasteiger partial charge in [0, 0.05) is 72.1 Å². The van der Waals surface area contributed by atoms with E-state index in [9.17, 15) is 19.5 Å². The molecule has 0 aliphatic heterocycles. The van der Waals surface area contributed by atoms with E-state index in [0.717, 1.165) is 54.8 Å². The largest absolute Gasteiger partial charge is 0.444 e. The second kappa shape index (κ2) is 27.9. The fraction of sp³-hybridized carbons (Fsp3) is 0.386. The predicted octanol–water partition coefficient (Wildman–Crippen LogP) is 7.70. The molecule has 7 aromatic rings. The number of benzene rings is 2. The van der Waals surface area contributed by atoms with E-state index in [4.69, 9.17) is 21.3 Å². The van der Waals surface area contributed by atoms with Gasteiger partial charge in [0.2, 0.25) is 11.9 Å². The van der Waals surface area contributed by atoms with E-state index in [1.165, 1.54) is 35.1 Å². The van der Waals surface area contributed by atoms with Crippen molar-refractivity contribution >= 4 is 64.4 Å². The van der Waals surface area contributed by atoms with Gasteiger partial charge < -0.3 is 53.0 Å². The zero-order valence-electron chi connectivity index (χ0n) is 47.7. The summed E-state index contributed by atoms with van der Waals surface area (Å²) >= 11 is 2.84. The number of aliphatic hydroxyl groups is 2. The fourth-order valence-corrected chi connectivity index (χ4v) is 9.12. The number of aliphatic imine (C=N–C) groups is 1. The van der Waals surface area contributed by atoms with Crippen LogP contribution in [0.25, 0.3) is 22.5 Å². The number of hydrogen-bond acceptors (Lipinski definition) is 20. The van der Waals surface area contributed by atoms with Gasteiger partial charge in [-0.1, -0.05) is 65.8 Å². The molecule has 0 saturated heterocycles. The predicted molar refractivity (Wildman–Crippen MR) is 318 cm³/mol. The number of rotatable bonds is 20. The van der Waals surface area contributed by atoms with Gasteiger partial charge in [-0.05, 0) is 81.1 Å². The number of nitrogens with one attached hydrogen (secondary N) is 5. The number of hydrogen-bond donors (Lipinski definition) is 9. The standard InChI is InChI=1S/C31H40N8O4S.C26H34N8O2S/c1-19-12-20(8-9-21(19)13-33-26(41)25-15-34-27(44-25)30(2,3)4)24-10-11-32-28(38-24)36-22-14-35-39(16-22)17-23(18-40)37-29(42)43-31(5,6)7;1-16-9-17(5-6-18(16)11-31-23(36)22-14-32-24(37-22)26(2,3)4)21-7-8-30-25(34-21)33-20(10-27)13-29-12-19(28)15-35/h8-12,14-16,23,40H,13,17-18H2,1-7H3,(H,33,41)(H,37,42)(H,32,36,38);5-10,13-14,19,35H,11-12,15,27-28H2,1-4H3,(H,31,36)(H,30,33,34)/t23-;19-/m00/s1. The summed E-state index contributed by atoms with van der Waals surface area (Å²) in [6, 6.07) is 14.6. The number of ether oxygens (including phenoxy) is 1. The molecule has 22 nitrogen and oxygen atoms in total. The number of thiazole rings is 2. The molecule has 2 atom stereocenters. The van der Waals surface area contributed by atoms with Crippen molar-refractivity contribution in [2.24, 2.45) is 16.5 Å². The average Bonchev–Trinajstić information content (AvgIpc) is 4.24. The van der Waals surface area contributed by atoms with Crippen LogP contribution in [-0.4, -0.2) is 111 Å². The summed E-state index contributed by atoms with van der Waals surface area (Å²) in [4.78, 5) is 69.4. The lowest BCUT2D eigenvalue weighted by Gasteiger charge is -2.22. The number of aliphatic hydroxyl groups excluding tert-OH is 2. The minimum absolute atomic E-state index is 0.0871. The van der Waals surface area contributed by atoms with Crippen LogP contribution in [0.15, 0.2) is 103 Å². The summed E-state index contributed by atoms with van der Waals surface area (Å²) in [5, 5.41) is 39.7. The van der Waals surface area contributed by atoms with E-state index in [1.54, 1.807) is 62.6 Å². The quantitative estimate of drug-likeness (QED) is 0.0330. The Morgan fingerprint density at radius 3 is 1.74 bits per heavy atom. The molecule has 5 aromatic heterocycles. The molecular weight excluding hydrogens is 1070 g/mol. The summed E-state index contributed by atoms with van der Waals surface area (Å²) < 4.78 is 6.86. The van der Waals surface area contributed by atoms with Crippen molar-refractivity contribution in [3.8, 4) is 22.5 Å². The Balaban J connectivity index is 0.000000265. The first-order valence-electron chi connectivity index (χ1n) is 26.1. The van der Waals surface area contributed by atoms with Crippen LogP contribution in [0.3, 0.4) is 0 Å². The van der Waals surface area contributed by atoms with E-state index in [0.29, 0.717) is 46.1 Å². The minimum atomic E-state index is -0.640. The highest BCUT2D eigenvalue weighted by molar-refractivity contribution is 7.14. The van der Waals surface area contributed by atoms with Crippen LogP contribution in [0.5, 0.6) is 0 Å². The number of nitrogens with two attached hydrogens (primary N) is 2. The molecule has 0 unspecified atom stereocenters. The summed E-state index contributed by atoms with van der Waals surface area (Å²) in [6.07, 6.45) is 12.2. The summed E-state index contributed by atoms with van der Waals surface area (Å²) in [7, 11) is 0. The second-order valence-electron chi connectivity index (χ2n) is 22.0. The number of anilines is 3. The number of allylic oxidation sites excluding steroid dienone is 1. The molecule has 0 saturated carbocycles. The van der Waals surface area contributed by atoms with Crippen LogP contribution in [0.2, 0.25) is 0 Å². The SMILES string of the molecule is Cc1cc(-c2ccnc(NC(C=NC[C@H](N)CO)=CN)n2)ccc1CNC(=O)c1cnc(C(C)(C)C)s1.Cc1cc(-c2ccnc(Nc3cnn(C[C@@H](CO)NC(=O)OC(C)(C)C)c3)n2)ccc1CNC(=O)c1cnc(C(C)(C)C)s1. The first kappa shape index (κ1) is 62.2. The highest BCUT2D eigenvalue weighted by Gasteiger charge is 2.23.